The predicted molar refractivity (Wildman–Crippen MR) is 105 cm³/mol. The lowest BCUT2D eigenvalue weighted by atomic mass is 10.1. The Bertz CT molecular complexity index is 889. The molecule has 1 aliphatic heterocycles. The number of hydrogen-bond donors (Lipinski definition) is 0. The molecule has 0 spiro atoms. The van der Waals surface area contributed by atoms with Crippen molar-refractivity contribution in [2.45, 2.75) is 46.8 Å². The quantitative estimate of drug-likeness (QED) is 0.777. The van der Waals surface area contributed by atoms with Crippen LogP contribution in [0.2, 0.25) is 0 Å². The first kappa shape index (κ1) is 19.8. The molecule has 0 radical (unpaired) electrons. The summed E-state index contributed by atoms with van der Waals surface area (Å²) in [6.45, 7) is 9.77. The summed E-state index contributed by atoms with van der Waals surface area (Å²) < 4.78 is 21.9. The summed E-state index contributed by atoms with van der Waals surface area (Å²) in [5, 5.41) is 0. The molecular formula is C21H26N2O5. The molecule has 1 amide bonds. The number of amides is 1. The van der Waals surface area contributed by atoms with E-state index in [0.29, 0.717) is 17.2 Å². The van der Waals surface area contributed by atoms with Gasteiger partial charge in [-0.3, -0.25) is 9.88 Å². The molecule has 28 heavy (non-hydrogen) atoms. The summed E-state index contributed by atoms with van der Waals surface area (Å²) in [6, 6.07) is 5.36. The zero-order valence-corrected chi connectivity index (χ0v) is 17.2. The molecule has 2 heterocycles. The van der Waals surface area contributed by atoms with E-state index in [4.69, 9.17) is 18.9 Å². The van der Waals surface area contributed by atoms with Gasteiger partial charge < -0.3 is 18.9 Å². The van der Waals surface area contributed by atoms with E-state index < -0.39 is 11.7 Å². The van der Waals surface area contributed by atoms with Gasteiger partial charge in [-0.1, -0.05) is 0 Å². The largest absolute Gasteiger partial charge is 0.496 e. The highest BCUT2D eigenvalue weighted by atomic mass is 16.7. The highest BCUT2D eigenvalue weighted by molar-refractivity contribution is 5.88. The molecule has 0 bridgehead atoms. The molecule has 1 aromatic heterocycles. The maximum atomic E-state index is 13.0. The van der Waals surface area contributed by atoms with Crippen LogP contribution < -0.4 is 19.1 Å². The Morgan fingerprint density at radius 1 is 1.21 bits per heavy atom. The number of aromatic nitrogens is 1. The topological polar surface area (TPSA) is 70.1 Å². The Hall–Kier alpha value is -2.96. The first-order valence-corrected chi connectivity index (χ1v) is 9.09. The van der Waals surface area contributed by atoms with Crippen molar-refractivity contribution in [3.63, 3.8) is 0 Å². The van der Waals surface area contributed by atoms with Crippen molar-refractivity contribution in [1.29, 1.82) is 0 Å². The number of pyridine rings is 1. The fourth-order valence-electron chi connectivity index (χ4n) is 3.01. The average molecular weight is 386 g/mol. The summed E-state index contributed by atoms with van der Waals surface area (Å²) >= 11 is 0. The highest BCUT2D eigenvalue weighted by Gasteiger charge is 2.27. The second kappa shape index (κ2) is 7.58. The van der Waals surface area contributed by atoms with Gasteiger partial charge >= 0.3 is 6.09 Å². The molecule has 0 saturated heterocycles. The van der Waals surface area contributed by atoms with Crippen LogP contribution in [0, 0.1) is 13.8 Å². The van der Waals surface area contributed by atoms with E-state index in [1.165, 1.54) is 4.90 Å². The van der Waals surface area contributed by atoms with E-state index in [1.54, 1.807) is 31.5 Å². The highest BCUT2D eigenvalue weighted by Crippen LogP contribution is 2.36. The van der Waals surface area contributed by atoms with Gasteiger partial charge in [-0.25, -0.2) is 4.79 Å². The number of hydrogen-bond acceptors (Lipinski definition) is 6. The van der Waals surface area contributed by atoms with E-state index in [9.17, 15) is 4.79 Å². The van der Waals surface area contributed by atoms with Gasteiger partial charge in [-0.2, -0.15) is 0 Å². The molecule has 0 unspecified atom stereocenters. The molecule has 0 fully saturated rings. The number of nitrogens with zero attached hydrogens (tertiary/aromatic N) is 2. The molecule has 2 aromatic rings. The van der Waals surface area contributed by atoms with E-state index in [-0.39, 0.29) is 13.3 Å². The first-order chi connectivity index (χ1) is 13.2. The minimum Gasteiger partial charge on any atom is -0.496 e. The van der Waals surface area contributed by atoms with Crippen molar-refractivity contribution in [2.24, 2.45) is 0 Å². The third-order valence-electron chi connectivity index (χ3n) is 4.34. The van der Waals surface area contributed by atoms with Crippen molar-refractivity contribution >= 4 is 11.8 Å². The Labute approximate surface area is 165 Å². The number of rotatable bonds is 4. The van der Waals surface area contributed by atoms with Gasteiger partial charge in [0.1, 0.15) is 11.4 Å². The Balaban J connectivity index is 1.99. The summed E-state index contributed by atoms with van der Waals surface area (Å²) in [5.74, 6) is 2.01. The molecule has 150 valence electrons. The Kier molecular flexibility index (Phi) is 5.36. The summed E-state index contributed by atoms with van der Waals surface area (Å²) in [5.41, 5.74) is 2.57. The van der Waals surface area contributed by atoms with Crippen LogP contribution in [0.25, 0.3) is 0 Å². The Morgan fingerprint density at radius 3 is 2.61 bits per heavy atom. The molecule has 1 aromatic carbocycles. The van der Waals surface area contributed by atoms with Crippen LogP contribution in [0.3, 0.4) is 0 Å². The fraction of sp³-hybridized carbons (Fsp3) is 0.429. The Morgan fingerprint density at radius 2 is 1.93 bits per heavy atom. The minimum absolute atomic E-state index is 0.168. The van der Waals surface area contributed by atoms with Gasteiger partial charge in [0.25, 0.3) is 0 Å². The number of ether oxygens (including phenoxy) is 4. The maximum absolute atomic E-state index is 13.0. The third kappa shape index (κ3) is 4.13. The zero-order valence-electron chi connectivity index (χ0n) is 17.2. The van der Waals surface area contributed by atoms with Crippen molar-refractivity contribution in [1.82, 2.24) is 4.98 Å². The summed E-state index contributed by atoms with van der Waals surface area (Å²) in [7, 11) is 1.63. The fourth-order valence-corrected chi connectivity index (χ4v) is 3.01. The number of fused-ring (bicyclic) bond motifs is 1. The molecule has 7 nitrogen and oxygen atoms in total. The normalized spacial score (nSPS) is 12.6. The van der Waals surface area contributed by atoms with Crippen molar-refractivity contribution < 1.29 is 23.7 Å². The van der Waals surface area contributed by atoms with Gasteiger partial charge in [0.2, 0.25) is 6.79 Å². The maximum Gasteiger partial charge on any atom is 0.415 e. The van der Waals surface area contributed by atoms with Crippen molar-refractivity contribution in [2.75, 3.05) is 18.8 Å². The molecule has 0 atom stereocenters. The standard InChI is InChI=1S/C21H26N2O5/c1-13-10-22-16(14(2)19(13)25-6)11-23(20(24)28-21(3,4)5)15-7-8-17-18(9-15)27-12-26-17/h7-10H,11-12H2,1-6H3. The van der Waals surface area contributed by atoms with Crippen LogP contribution >= 0.6 is 0 Å². The molecule has 0 aliphatic carbocycles. The predicted octanol–water partition coefficient (Wildman–Crippen LogP) is 4.38. The molecule has 3 rings (SSSR count). The van der Waals surface area contributed by atoms with Crippen molar-refractivity contribution in [3.05, 3.63) is 41.2 Å². The van der Waals surface area contributed by atoms with Gasteiger partial charge in [0, 0.05) is 23.4 Å². The molecule has 7 heteroatoms. The van der Waals surface area contributed by atoms with Gasteiger partial charge in [-0.15, -0.1) is 0 Å². The van der Waals surface area contributed by atoms with E-state index in [2.05, 4.69) is 4.98 Å². The summed E-state index contributed by atoms with van der Waals surface area (Å²) in [6.07, 6.45) is 1.28. The monoisotopic (exact) mass is 386 g/mol. The summed E-state index contributed by atoms with van der Waals surface area (Å²) in [4.78, 5) is 19.0. The van der Waals surface area contributed by atoms with E-state index in [0.717, 1.165) is 22.6 Å². The van der Waals surface area contributed by atoms with Crippen LogP contribution in [0.5, 0.6) is 17.2 Å². The minimum atomic E-state index is -0.626. The third-order valence-corrected chi connectivity index (χ3v) is 4.34. The number of carbonyl (C=O) groups excluding carboxylic acids is 1. The van der Waals surface area contributed by atoms with Crippen molar-refractivity contribution in [3.8, 4) is 17.2 Å². The first-order valence-electron chi connectivity index (χ1n) is 9.09. The van der Waals surface area contributed by atoms with Gasteiger partial charge in [0.05, 0.1) is 25.0 Å². The number of carbonyl (C=O) groups is 1. The second-order valence-electron chi connectivity index (χ2n) is 7.65. The molecular weight excluding hydrogens is 360 g/mol. The lowest BCUT2D eigenvalue weighted by Gasteiger charge is -2.28. The smallest absolute Gasteiger partial charge is 0.415 e. The number of methoxy groups -OCH3 is 1. The van der Waals surface area contributed by atoms with Crippen LogP contribution in [0.15, 0.2) is 24.4 Å². The van der Waals surface area contributed by atoms with E-state index in [1.807, 2.05) is 34.6 Å². The number of anilines is 1. The van der Waals surface area contributed by atoms with Crippen LogP contribution in [0.4, 0.5) is 10.5 Å². The van der Waals surface area contributed by atoms with E-state index >= 15 is 0 Å². The molecule has 0 saturated carbocycles. The zero-order chi connectivity index (χ0) is 20.5. The lowest BCUT2D eigenvalue weighted by Crippen LogP contribution is -2.37. The van der Waals surface area contributed by atoms with Crippen LogP contribution in [0.1, 0.15) is 37.6 Å². The number of benzene rings is 1. The van der Waals surface area contributed by atoms with Crippen LogP contribution in [-0.2, 0) is 11.3 Å². The SMILES string of the molecule is COc1c(C)cnc(CN(C(=O)OC(C)(C)C)c2ccc3c(c2)OCO3)c1C. The number of aryl methyl sites for hydroxylation is 1. The lowest BCUT2D eigenvalue weighted by molar-refractivity contribution is 0.0577. The second-order valence-corrected chi connectivity index (χ2v) is 7.65. The molecule has 1 aliphatic rings. The van der Waals surface area contributed by atoms with Gasteiger partial charge in [0.15, 0.2) is 11.5 Å². The molecule has 0 N–H and O–H groups in total. The van der Waals surface area contributed by atoms with Crippen LogP contribution in [-0.4, -0.2) is 30.6 Å². The average Bonchev–Trinajstić information content (AvgIpc) is 3.07. The van der Waals surface area contributed by atoms with Gasteiger partial charge in [-0.05, 0) is 46.8 Å².